The number of nitrogens with zero attached hydrogens (tertiary/aromatic N) is 2. The van der Waals surface area contributed by atoms with Crippen molar-refractivity contribution in [3.8, 4) is 11.3 Å². The van der Waals surface area contributed by atoms with Gasteiger partial charge in [0, 0.05) is 27.2 Å². The van der Waals surface area contributed by atoms with Crippen molar-refractivity contribution < 1.29 is 9.18 Å². The first-order valence-electron chi connectivity index (χ1n) is 10.3. The van der Waals surface area contributed by atoms with Crippen LogP contribution < -0.4 is 4.90 Å². The first-order chi connectivity index (χ1) is 15.0. The monoisotopic (exact) mass is 474 g/mol. The minimum absolute atomic E-state index is 0.0201. The summed E-state index contributed by atoms with van der Waals surface area (Å²) in [6.45, 7) is 2.04. The number of rotatable bonds is 2. The Balaban J connectivity index is 1.69. The molecule has 5 heteroatoms. The maximum atomic E-state index is 13.9. The van der Waals surface area contributed by atoms with E-state index in [1.807, 2.05) is 66.4 Å². The number of aryl methyl sites for hydroxylation is 1. The molecule has 0 bridgehead atoms. The zero-order valence-electron chi connectivity index (χ0n) is 17.0. The van der Waals surface area contributed by atoms with Crippen LogP contribution in [0.2, 0.25) is 0 Å². The number of hydrogen-bond acceptors (Lipinski definition) is 2. The largest absolute Gasteiger partial charge is 0.305 e. The number of hydrogen-bond donors (Lipinski definition) is 0. The predicted molar refractivity (Wildman–Crippen MR) is 126 cm³/mol. The van der Waals surface area contributed by atoms with Crippen molar-refractivity contribution in [3.63, 3.8) is 0 Å². The molecule has 0 fully saturated rings. The molecule has 3 nitrogen and oxygen atoms in total. The number of carbonyl (C=O) groups excluding carboxylic acids is 1. The fourth-order valence-electron chi connectivity index (χ4n) is 4.31. The molecule has 2 heterocycles. The summed E-state index contributed by atoms with van der Waals surface area (Å²) in [6.07, 6.45) is 1.56. The van der Waals surface area contributed by atoms with Gasteiger partial charge in [-0.3, -0.25) is 4.79 Å². The van der Waals surface area contributed by atoms with Crippen LogP contribution in [0, 0.1) is 5.82 Å². The van der Waals surface area contributed by atoms with Gasteiger partial charge in [-0.1, -0.05) is 46.3 Å². The minimum Gasteiger partial charge on any atom is -0.305 e. The molecule has 1 aliphatic heterocycles. The summed E-state index contributed by atoms with van der Waals surface area (Å²) in [4.78, 5) is 20.5. The van der Waals surface area contributed by atoms with Crippen molar-refractivity contribution in [1.82, 2.24) is 4.98 Å². The normalized spacial score (nSPS) is 15.7. The maximum Gasteiger partial charge on any atom is 0.259 e. The van der Waals surface area contributed by atoms with E-state index in [1.54, 1.807) is 12.1 Å². The third kappa shape index (κ3) is 3.63. The van der Waals surface area contributed by atoms with Crippen LogP contribution in [0.1, 0.15) is 29.3 Å². The minimum atomic E-state index is -0.271. The van der Waals surface area contributed by atoms with E-state index in [0.29, 0.717) is 5.56 Å². The van der Waals surface area contributed by atoms with Gasteiger partial charge in [-0.2, -0.15) is 0 Å². The maximum absolute atomic E-state index is 13.9. The van der Waals surface area contributed by atoms with Crippen LogP contribution in [0.5, 0.6) is 0 Å². The van der Waals surface area contributed by atoms with Gasteiger partial charge in [0.05, 0.1) is 16.8 Å². The molecule has 4 aromatic rings. The van der Waals surface area contributed by atoms with Crippen LogP contribution in [0.3, 0.4) is 0 Å². The molecule has 1 aromatic heterocycles. The second kappa shape index (κ2) is 7.89. The molecular weight excluding hydrogens is 455 g/mol. The standard InChI is InChI=1S/C26H20BrFN2O/c1-16-9-10-18-14-20(28)11-12-25(18)30(16)26(31)22-15-24(17-5-4-6-19(27)13-17)29-23-8-3-2-7-21(22)23/h2-8,11-16H,9-10H2,1H3. The first-order valence-corrected chi connectivity index (χ1v) is 11.1. The summed E-state index contributed by atoms with van der Waals surface area (Å²) in [6, 6.07) is 22.2. The number of carbonyl (C=O) groups is 1. The lowest BCUT2D eigenvalue weighted by molar-refractivity contribution is 0.0976. The lowest BCUT2D eigenvalue weighted by Crippen LogP contribution is -2.42. The van der Waals surface area contributed by atoms with Crippen LogP contribution in [-0.2, 0) is 6.42 Å². The van der Waals surface area contributed by atoms with E-state index in [0.717, 1.165) is 50.7 Å². The first kappa shape index (κ1) is 19.9. The molecule has 1 unspecified atom stereocenters. The molecule has 0 spiro atoms. The molecule has 0 aliphatic carbocycles. The molecule has 154 valence electrons. The average Bonchev–Trinajstić information content (AvgIpc) is 2.78. The molecule has 0 N–H and O–H groups in total. The van der Waals surface area contributed by atoms with Gasteiger partial charge in [0.15, 0.2) is 0 Å². The van der Waals surface area contributed by atoms with E-state index in [-0.39, 0.29) is 17.8 Å². The van der Waals surface area contributed by atoms with Crippen molar-refractivity contribution in [3.05, 3.63) is 94.2 Å². The number of para-hydroxylation sites is 1. The number of anilines is 1. The van der Waals surface area contributed by atoms with Gasteiger partial charge in [-0.05, 0) is 67.8 Å². The molecule has 31 heavy (non-hydrogen) atoms. The molecule has 1 atom stereocenters. The number of halogens is 2. The summed E-state index contributed by atoms with van der Waals surface area (Å²) in [5.41, 5.74) is 4.71. The van der Waals surface area contributed by atoms with Crippen LogP contribution in [0.15, 0.2) is 77.3 Å². The lowest BCUT2D eigenvalue weighted by Gasteiger charge is -2.35. The predicted octanol–water partition coefficient (Wildman–Crippen LogP) is 6.78. The zero-order valence-corrected chi connectivity index (χ0v) is 18.6. The number of amides is 1. The molecule has 5 rings (SSSR count). The summed E-state index contributed by atoms with van der Waals surface area (Å²) >= 11 is 3.52. The highest BCUT2D eigenvalue weighted by Crippen LogP contribution is 2.34. The van der Waals surface area contributed by atoms with Crippen molar-refractivity contribution in [2.24, 2.45) is 0 Å². The van der Waals surface area contributed by atoms with Crippen LogP contribution >= 0.6 is 15.9 Å². The van der Waals surface area contributed by atoms with Gasteiger partial charge in [-0.25, -0.2) is 9.37 Å². The van der Waals surface area contributed by atoms with E-state index in [9.17, 15) is 9.18 Å². The molecule has 1 aliphatic rings. The van der Waals surface area contributed by atoms with E-state index in [4.69, 9.17) is 4.98 Å². The number of aromatic nitrogens is 1. The highest BCUT2D eigenvalue weighted by Gasteiger charge is 2.30. The fourth-order valence-corrected chi connectivity index (χ4v) is 4.71. The van der Waals surface area contributed by atoms with Crippen LogP contribution in [0.4, 0.5) is 10.1 Å². The Bertz CT molecular complexity index is 1320. The Morgan fingerprint density at radius 3 is 2.74 bits per heavy atom. The van der Waals surface area contributed by atoms with Gasteiger partial charge in [0.2, 0.25) is 0 Å². The van der Waals surface area contributed by atoms with Crippen LogP contribution in [-0.4, -0.2) is 16.9 Å². The van der Waals surface area contributed by atoms with Crippen LogP contribution in [0.25, 0.3) is 22.2 Å². The van der Waals surface area contributed by atoms with E-state index in [1.165, 1.54) is 6.07 Å². The average molecular weight is 475 g/mol. The van der Waals surface area contributed by atoms with Gasteiger partial charge in [0.1, 0.15) is 5.82 Å². The molecule has 0 radical (unpaired) electrons. The van der Waals surface area contributed by atoms with Gasteiger partial charge in [0.25, 0.3) is 5.91 Å². The summed E-state index contributed by atoms with van der Waals surface area (Å²) in [5.74, 6) is -0.359. The number of benzene rings is 3. The molecule has 3 aromatic carbocycles. The molecule has 0 saturated heterocycles. The molecule has 0 saturated carbocycles. The topological polar surface area (TPSA) is 33.2 Å². The Morgan fingerprint density at radius 1 is 1.06 bits per heavy atom. The molecular formula is C26H20BrFN2O. The SMILES string of the molecule is CC1CCc2cc(F)ccc2N1C(=O)c1cc(-c2cccc(Br)c2)nc2ccccc12. The van der Waals surface area contributed by atoms with Gasteiger partial charge >= 0.3 is 0 Å². The quantitative estimate of drug-likeness (QED) is 0.320. The number of fused-ring (bicyclic) bond motifs is 2. The van der Waals surface area contributed by atoms with Crippen molar-refractivity contribution >= 4 is 38.4 Å². The number of pyridine rings is 1. The second-order valence-electron chi connectivity index (χ2n) is 7.92. The van der Waals surface area contributed by atoms with E-state index < -0.39 is 0 Å². The third-order valence-electron chi connectivity index (χ3n) is 5.86. The zero-order chi connectivity index (χ0) is 21.5. The van der Waals surface area contributed by atoms with E-state index in [2.05, 4.69) is 15.9 Å². The Kier molecular flexibility index (Phi) is 5.06. The van der Waals surface area contributed by atoms with Gasteiger partial charge < -0.3 is 4.90 Å². The van der Waals surface area contributed by atoms with Crippen molar-refractivity contribution in [1.29, 1.82) is 0 Å². The molecule has 1 amide bonds. The van der Waals surface area contributed by atoms with Crippen molar-refractivity contribution in [2.75, 3.05) is 4.90 Å². The van der Waals surface area contributed by atoms with Crippen molar-refractivity contribution in [2.45, 2.75) is 25.8 Å². The second-order valence-corrected chi connectivity index (χ2v) is 8.83. The summed E-state index contributed by atoms with van der Waals surface area (Å²) < 4.78 is 14.8. The highest BCUT2D eigenvalue weighted by molar-refractivity contribution is 9.10. The highest BCUT2D eigenvalue weighted by atomic mass is 79.9. The summed E-state index contributed by atoms with van der Waals surface area (Å²) in [5, 5.41) is 0.813. The Morgan fingerprint density at radius 2 is 1.90 bits per heavy atom. The Hall–Kier alpha value is -3.05. The summed E-state index contributed by atoms with van der Waals surface area (Å²) in [7, 11) is 0. The van der Waals surface area contributed by atoms with E-state index >= 15 is 0 Å². The smallest absolute Gasteiger partial charge is 0.259 e. The lowest BCUT2D eigenvalue weighted by atomic mass is 9.94. The fraction of sp³-hybridized carbons (Fsp3) is 0.154. The Labute approximate surface area is 188 Å². The third-order valence-corrected chi connectivity index (χ3v) is 6.35. The van der Waals surface area contributed by atoms with Gasteiger partial charge in [-0.15, -0.1) is 0 Å².